The summed E-state index contributed by atoms with van der Waals surface area (Å²) in [4.78, 5) is 2.32. The van der Waals surface area contributed by atoms with Crippen LogP contribution in [0.2, 0.25) is 0 Å². The molecule has 0 aliphatic rings. The second-order valence-corrected chi connectivity index (χ2v) is 3.10. The SMILES string of the molecule is CCOc1ccc(N(CC)CC)cc1. The highest BCUT2D eigenvalue weighted by Gasteiger charge is 2.00. The minimum absolute atomic E-state index is 0.727. The first-order valence-corrected chi connectivity index (χ1v) is 5.29. The van der Waals surface area contributed by atoms with Gasteiger partial charge in [0, 0.05) is 18.8 Å². The lowest BCUT2D eigenvalue weighted by Crippen LogP contribution is -2.21. The maximum atomic E-state index is 5.39. The highest BCUT2D eigenvalue weighted by Crippen LogP contribution is 2.18. The van der Waals surface area contributed by atoms with Crippen LogP contribution >= 0.6 is 0 Å². The zero-order chi connectivity index (χ0) is 10.4. The summed E-state index contributed by atoms with van der Waals surface area (Å²) in [6, 6.07) is 8.27. The van der Waals surface area contributed by atoms with E-state index in [-0.39, 0.29) is 0 Å². The predicted octanol–water partition coefficient (Wildman–Crippen LogP) is 2.93. The quantitative estimate of drug-likeness (QED) is 0.713. The van der Waals surface area contributed by atoms with Crippen LogP contribution in [0.15, 0.2) is 24.3 Å². The van der Waals surface area contributed by atoms with Gasteiger partial charge in [0.25, 0.3) is 0 Å². The Morgan fingerprint density at radius 2 is 1.57 bits per heavy atom. The Balaban J connectivity index is 2.71. The molecule has 0 aromatic heterocycles. The van der Waals surface area contributed by atoms with Crippen LogP contribution in [-0.4, -0.2) is 19.7 Å². The molecule has 14 heavy (non-hydrogen) atoms. The molecule has 0 saturated heterocycles. The molecule has 0 saturated carbocycles. The number of nitrogens with zero attached hydrogens (tertiary/aromatic N) is 1. The fourth-order valence-corrected chi connectivity index (χ4v) is 1.51. The Bertz CT molecular complexity index is 252. The van der Waals surface area contributed by atoms with Gasteiger partial charge in [-0.3, -0.25) is 0 Å². The van der Waals surface area contributed by atoms with E-state index in [0.717, 1.165) is 25.4 Å². The topological polar surface area (TPSA) is 12.5 Å². The van der Waals surface area contributed by atoms with Gasteiger partial charge in [0.05, 0.1) is 6.61 Å². The van der Waals surface area contributed by atoms with Crippen LogP contribution in [-0.2, 0) is 0 Å². The molecule has 0 heterocycles. The zero-order valence-electron chi connectivity index (χ0n) is 9.29. The van der Waals surface area contributed by atoms with E-state index >= 15 is 0 Å². The average Bonchev–Trinajstić information content (AvgIpc) is 2.23. The molecule has 0 N–H and O–H groups in total. The molecule has 0 aliphatic heterocycles. The van der Waals surface area contributed by atoms with E-state index in [9.17, 15) is 0 Å². The van der Waals surface area contributed by atoms with E-state index in [1.54, 1.807) is 0 Å². The van der Waals surface area contributed by atoms with Crippen molar-refractivity contribution in [2.24, 2.45) is 0 Å². The number of rotatable bonds is 5. The third kappa shape index (κ3) is 2.66. The molecule has 0 radical (unpaired) electrons. The van der Waals surface area contributed by atoms with Gasteiger partial charge in [0.15, 0.2) is 0 Å². The summed E-state index contributed by atoms with van der Waals surface area (Å²) in [5.41, 5.74) is 1.26. The number of anilines is 1. The van der Waals surface area contributed by atoms with Crippen molar-refractivity contribution in [2.75, 3.05) is 24.6 Å². The molecule has 1 aromatic carbocycles. The normalized spacial score (nSPS) is 9.93. The molecule has 0 fully saturated rings. The number of ether oxygens (including phenoxy) is 1. The van der Waals surface area contributed by atoms with Crippen LogP contribution < -0.4 is 9.64 Å². The third-order valence-electron chi connectivity index (χ3n) is 2.28. The van der Waals surface area contributed by atoms with Gasteiger partial charge in [-0.2, -0.15) is 0 Å². The molecule has 1 rings (SSSR count). The van der Waals surface area contributed by atoms with Crippen LogP contribution in [0.4, 0.5) is 5.69 Å². The Morgan fingerprint density at radius 1 is 1.00 bits per heavy atom. The van der Waals surface area contributed by atoms with Crippen molar-refractivity contribution in [1.29, 1.82) is 0 Å². The standard InChI is InChI=1S/C12H19NO/c1-4-13(5-2)11-7-9-12(10-8-11)14-6-3/h7-10H,4-6H2,1-3H3. The molecule has 0 spiro atoms. The molecule has 1 aromatic rings. The van der Waals surface area contributed by atoms with Gasteiger partial charge in [-0.25, -0.2) is 0 Å². The zero-order valence-corrected chi connectivity index (χ0v) is 9.29. The van der Waals surface area contributed by atoms with E-state index in [0.29, 0.717) is 0 Å². The van der Waals surface area contributed by atoms with Crippen molar-refractivity contribution >= 4 is 5.69 Å². The van der Waals surface area contributed by atoms with Crippen molar-refractivity contribution < 1.29 is 4.74 Å². The van der Waals surface area contributed by atoms with E-state index in [1.165, 1.54) is 5.69 Å². The first kappa shape index (κ1) is 10.9. The largest absolute Gasteiger partial charge is 0.494 e. The van der Waals surface area contributed by atoms with Crippen LogP contribution in [0.3, 0.4) is 0 Å². The molecule has 0 unspecified atom stereocenters. The average molecular weight is 193 g/mol. The first-order valence-electron chi connectivity index (χ1n) is 5.29. The summed E-state index contributed by atoms with van der Waals surface area (Å²) in [6.45, 7) is 9.15. The van der Waals surface area contributed by atoms with Gasteiger partial charge >= 0.3 is 0 Å². The fourth-order valence-electron chi connectivity index (χ4n) is 1.51. The number of benzene rings is 1. The number of hydrogen-bond donors (Lipinski definition) is 0. The lowest BCUT2D eigenvalue weighted by atomic mass is 10.2. The fraction of sp³-hybridized carbons (Fsp3) is 0.500. The second-order valence-electron chi connectivity index (χ2n) is 3.10. The first-order chi connectivity index (χ1) is 6.81. The van der Waals surface area contributed by atoms with E-state index < -0.39 is 0 Å². The number of hydrogen-bond acceptors (Lipinski definition) is 2. The molecular formula is C12H19NO. The van der Waals surface area contributed by atoms with Crippen molar-refractivity contribution in [3.05, 3.63) is 24.3 Å². The summed E-state index contributed by atoms with van der Waals surface area (Å²) in [5.74, 6) is 0.948. The summed E-state index contributed by atoms with van der Waals surface area (Å²) >= 11 is 0. The van der Waals surface area contributed by atoms with Crippen LogP contribution in [0, 0.1) is 0 Å². The van der Waals surface area contributed by atoms with Crippen molar-refractivity contribution in [2.45, 2.75) is 20.8 Å². The van der Waals surface area contributed by atoms with Crippen LogP contribution in [0.5, 0.6) is 5.75 Å². The van der Waals surface area contributed by atoms with Gasteiger partial charge in [0.2, 0.25) is 0 Å². The highest BCUT2D eigenvalue weighted by molar-refractivity contribution is 5.48. The molecule has 2 heteroatoms. The minimum Gasteiger partial charge on any atom is -0.494 e. The van der Waals surface area contributed by atoms with E-state index in [2.05, 4.69) is 30.9 Å². The van der Waals surface area contributed by atoms with Gasteiger partial charge < -0.3 is 9.64 Å². The monoisotopic (exact) mass is 193 g/mol. The third-order valence-corrected chi connectivity index (χ3v) is 2.28. The second kappa shape index (κ2) is 5.53. The van der Waals surface area contributed by atoms with E-state index in [1.807, 2.05) is 19.1 Å². The molecule has 0 bridgehead atoms. The van der Waals surface area contributed by atoms with Crippen molar-refractivity contribution in [1.82, 2.24) is 0 Å². The Morgan fingerprint density at radius 3 is 2.00 bits per heavy atom. The molecule has 0 amide bonds. The van der Waals surface area contributed by atoms with Crippen molar-refractivity contribution in [3.63, 3.8) is 0 Å². The van der Waals surface area contributed by atoms with Crippen molar-refractivity contribution in [3.8, 4) is 5.75 Å². The van der Waals surface area contributed by atoms with Gasteiger partial charge in [-0.15, -0.1) is 0 Å². The summed E-state index contributed by atoms with van der Waals surface area (Å²) < 4.78 is 5.39. The molecular weight excluding hydrogens is 174 g/mol. The highest BCUT2D eigenvalue weighted by atomic mass is 16.5. The molecule has 2 nitrogen and oxygen atoms in total. The molecule has 78 valence electrons. The lowest BCUT2D eigenvalue weighted by molar-refractivity contribution is 0.340. The molecule has 0 atom stereocenters. The summed E-state index contributed by atoms with van der Waals surface area (Å²) in [6.07, 6.45) is 0. The Hall–Kier alpha value is -1.18. The maximum Gasteiger partial charge on any atom is 0.119 e. The molecule has 0 aliphatic carbocycles. The Kier molecular flexibility index (Phi) is 4.30. The van der Waals surface area contributed by atoms with Crippen LogP contribution in [0.25, 0.3) is 0 Å². The smallest absolute Gasteiger partial charge is 0.119 e. The van der Waals surface area contributed by atoms with E-state index in [4.69, 9.17) is 4.74 Å². The minimum atomic E-state index is 0.727. The summed E-state index contributed by atoms with van der Waals surface area (Å²) in [5, 5.41) is 0. The van der Waals surface area contributed by atoms with Gasteiger partial charge in [-0.05, 0) is 45.0 Å². The van der Waals surface area contributed by atoms with Gasteiger partial charge in [0.1, 0.15) is 5.75 Å². The Labute approximate surface area is 86.5 Å². The lowest BCUT2D eigenvalue weighted by Gasteiger charge is -2.21. The van der Waals surface area contributed by atoms with Gasteiger partial charge in [-0.1, -0.05) is 0 Å². The maximum absolute atomic E-state index is 5.39. The predicted molar refractivity (Wildman–Crippen MR) is 61.2 cm³/mol. The van der Waals surface area contributed by atoms with Crippen LogP contribution in [0.1, 0.15) is 20.8 Å². The summed E-state index contributed by atoms with van der Waals surface area (Å²) in [7, 11) is 0.